The number of hydrogen-bond donors (Lipinski definition) is 2. The van der Waals surface area contributed by atoms with E-state index in [2.05, 4.69) is 5.32 Å². The van der Waals surface area contributed by atoms with Crippen molar-refractivity contribution in [1.29, 1.82) is 0 Å². The Hall–Kier alpha value is -1.23. The zero-order valence-electron chi connectivity index (χ0n) is 9.88. The Kier molecular flexibility index (Phi) is 4.40. The highest BCUT2D eigenvalue weighted by molar-refractivity contribution is 5.46. The molecule has 2 nitrogen and oxygen atoms in total. The van der Waals surface area contributed by atoms with Crippen LogP contribution >= 0.6 is 0 Å². The van der Waals surface area contributed by atoms with Gasteiger partial charge in [0.2, 0.25) is 0 Å². The van der Waals surface area contributed by atoms with Crippen LogP contribution < -0.4 is 11.1 Å². The van der Waals surface area contributed by atoms with Crippen LogP contribution in [0.15, 0.2) is 24.3 Å². The van der Waals surface area contributed by atoms with Crippen LogP contribution in [0.4, 0.5) is 18.9 Å². The van der Waals surface area contributed by atoms with Gasteiger partial charge in [-0.25, -0.2) is 0 Å². The van der Waals surface area contributed by atoms with E-state index >= 15 is 0 Å². The van der Waals surface area contributed by atoms with E-state index in [9.17, 15) is 13.2 Å². The summed E-state index contributed by atoms with van der Waals surface area (Å²) >= 11 is 0. The summed E-state index contributed by atoms with van der Waals surface area (Å²) < 4.78 is 37.0. The standard InChI is InChI=1S/C12H17F3N2/c1-8(2)11(7-16)17-10-5-3-9(4-6-10)12(13,14)15/h3-6,8,11,17H,7,16H2,1-2H3/t11-/m0/s1. The predicted octanol–water partition coefficient (Wildman–Crippen LogP) is 3.10. The molecule has 0 spiro atoms. The lowest BCUT2D eigenvalue weighted by molar-refractivity contribution is -0.137. The van der Waals surface area contributed by atoms with Crippen molar-refractivity contribution in [3.05, 3.63) is 29.8 Å². The van der Waals surface area contributed by atoms with E-state index in [0.29, 0.717) is 18.2 Å². The third kappa shape index (κ3) is 3.93. The fourth-order valence-corrected chi connectivity index (χ4v) is 1.47. The second kappa shape index (κ2) is 5.40. The number of nitrogens with one attached hydrogen (secondary N) is 1. The van der Waals surface area contributed by atoms with Gasteiger partial charge >= 0.3 is 6.18 Å². The normalized spacial score (nSPS) is 13.8. The maximum atomic E-state index is 12.3. The molecule has 0 fully saturated rings. The molecular weight excluding hydrogens is 229 g/mol. The first-order valence-electron chi connectivity index (χ1n) is 5.48. The second-order valence-electron chi connectivity index (χ2n) is 4.31. The number of alkyl halides is 3. The molecule has 17 heavy (non-hydrogen) atoms. The van der Waals surface area contributed by atoms with Gasteiger partial charge in [-0.2, -0.15) is 13.2 Å². The molecule has 0 saturated carbocycles. The molecular formula is C12H17F3N2. The molecule has 0 aromatic heterocycles. The van der Waals surface area contributed by atoms with Crippen molar-refractivity contribution in [3.8, 4) is 0 Å². The molecule has 96 valence electrons. The van der Waals surface area contributed by atoms with Crippen LogP contribution in [0, 0.1) is 5.92 Å². The number of anilines is 1. The molecule has 0 radical (unpaired) electrons. The largest absolute Gasteiger partial charge is 0.416 e. The Balaban J connectivity index is 2.75. The van der Waals surface area contributed by atoms with E-state index in [-0.39, 0.29) is 6.04 Å². The third-order valence-corrected chi connectivity index (χ3v) is 2.62. The molecule has 0 saturated heterocycles. The Labute approximate surface area is 99.0 Å². The van der Waals surface area contributed by atoms with E-state index in [1.807, 2.05) is 13.8 Å². The number of benzene rings is 1. The molecule has 1 aromatic rings. The Morgan fingerprint density at radius 1 is 1.18 bits per heavy atom. The van der Waals surface area contributed by atoms with Crippen LogP contribution in [0.3, 0.4) is 0 Å². The van der Waals surface area contributed by atoms with E-state index in [4.69, 9.17) is 5.73 Å². The van der Waals surface area contributed by atoms with E-state index in [0.717, 1.165) is 12.1 Å². The summed E-state index contributed by atoms with van der Waals surface area (Å²) in [4.78, 5) is 0. The van der Waals surface area contributed by atoms with E-state index in [1.54, 1.807) is 0 Å². The topological polar surface area (TPSA) is 38.0 Å². The molecule has 0 heterocycles. The first kappa shape index (κ1) is 13.8. The van der Waals surface area contributed by atoms with Crippen molar-refractivity contribution in [2.45, 2.75) is 26.1 Å². The minimum atomic E-state index is -4.29. The monoisotopic (exact) mass is 246 g/mol. The molecule has 0 bridgehead atoms. The minimum absolute atomic E-state index is 0.0618. The highest BCUT2D eigenvalue weighted by Crippen LogP contribution is 2.29. The summed E-state index contributed by atoms with van der Waals surface area (Å²) in [6, 6.07) is 5.04. The first-order valence-corrected chi connectivity index (χ1v) is 5.48. The fourth-order valence-electron chi connectivity index (χ4n) is 1.47. The Morgan fingerprint density at radius 2 is 1.71 bits per heavy atom. The van der Waals surface area contributed by atoms with Gasteiger partial charge in [-0.15, -0.1) is 0 Å². The SMILES string of the molecule is CC(C)[C@H](CN)Nc1ccc(C(F)(F)F)cc1. The van der Waals surface area contributed by atoms with Gasteiger partial charge in [0.15, 0.2) is 0 Å². The van der Waals surface area contributed by atoms with Crippen LogP contribution in [0.5, 0.6) is 0 Å². The van der Waals surface area contributed by atoms with Gasteiger partial charge in [-0.3, -0.25) is 0 Å². The van der Waals surface area contributed by atoms with Gasteiger partial charge in [0.05, 0.1) is 5.56 Å². The number of rotatable bonds is 4. The lowest BCUT2D eigenvalue weighted by Gasteiger charge is -2.22. The van der Waals surface area contributed by atoms with Crippen molar-refractivity contribution in [2.24, 2.45) is 11.7 Å². The van der Waals surface area contributed by atoms with Gasteiger partial charge in [0.25, 0.3) is 0 Å². The van der Waals surface area contributed by atoms with Crippen LogP contribution in [-0.2, 0) is 6.18 Å². The smallest absolute Gasteiger partial charge is 0.381 e. The molecule has 1 atom stereocenters. The van der Waals surface area contributed by atoms with Gasteiger partial charge in [-0.05, 0) is 30.2 Å². The molecule has 1 rings (SSSR count). The fraction of sp³-hybridized carbons (Fsp3) is 0.500. The zero-order chi connectivity index (χ0) is 13.1. The second-order valence-corrected chi connectivity index (χ2v) is 4.31. The van der Waals surface area contributed by atoms with Gasteiger partial charge in [0, 0.05) is 18.3 Å². The van der Waals surface area contributed by atoms with E-state index < -0.39 is 11.7 Å². The summed E-state index contributed by atoms with van der Waals surface area (Å²) in [5, 5.41) is 3.11. The number of nitrogens with two attached hydrogens (primary N) is 1. The van der Waals surface area contributed by atoms with Gasteiger partial charge in [0.1, 0.15) is 0 Å². The van der Waals surface area contributed by atoms with Crippen LogP contribution in [0.25, 0.3) is 0 Å². The number of halogens is 3. The minimum Gasteiger partial charge on any atom is -0.381 e. The quantitative estimate of drug-likeness (QED) is 0.856. The molecule has 0 aliphatic heterocycles. The summed E-state index contributed by atoms with van der Waals surface area (Å²) in [5.74, 6) is 0.322. The molecule has 5 heteroatoms. The van der Waals surface area contributed by atoms with Crippen molar-refractivity contribution in [3.63, 3.8) is 0 Å². The van der Waals surface area contributed by atoms with Crippen molar-refractivity contribution in [2.75, 3.05) is 11.9 Å². The third-order valence-electron chi connectivity index (χ3n) is 2.62. The first-order chi connectivity index (χ1) is 7.84. The van der Waals surface area contributed by atoms with Crippen LogP contribution in [0.1, 0.15) is 19.4 Å². The average Bonchev–Trinajstić information content (AvgIpc) is 2.25. The summed E-state index contributed by atoms with van der Waals surface area (Å²) in [7, 11) is 0. The molecule has 1 aromatic carbocycles. The van der Waals surface area contributed by atoms with Gasteiger partial charge < -0.3 is 11.1 Å². The van der Waals surface area contributed by atoms with Crippen molar-refractivity contribution in [1.82, 2.24) is 0 Å². The van der Waals surface area contributed by atoms with Crippen molar-refractivity contribution < 1.29 is 13.2 Å². The molecule has 0 aliphatic carbocycles. The lowest BCUT2D eigenvalue weighted by atomic mass is 10.0. The highest BCUT2D eigenvalue weighted by atomic mass is 19.4. The van der Waals surface area contributed by atoms with Crippen LogP contribution in [-0.4, -0.2) is 12.6 Å². The maximum absolute atomic E-state index is 12.3. The molecule has 0 aliphatic rings. The highest BCUT2D eigenvalue weighted by Gasteiger charge is 2.29. The van der Waals surface area contributed by atoms with Crippen LogP contribution in [0.2, 0.25) is 0 Å². The molecule has 0 amide bonds. The lowest BCUT2D eigenvalue weighted by Crippen LogP contribution is -2.33. The maximum Gasteiger partial charge on any atom is 0.416 e. The molecule has 0 unspecified atom stereocenters. The van der Waals surface area contributed by atoms with E-state index in [1.165, 1.54) is 12.1 Å². The predicted molar refractivity (Wildman–Crippen MR) is 62.7 cm³/mol. The number of hydrogen-bond acceptors (Lipinski definition) is 2. The van der Waals surface area contributed by atoms with Crippen molar-refractivity contribution >= 4 is 5.69 Å². The Morgan fingerprint density at radius 3 is 2.06 bits per heavy atom. The summed E-state index contributed by atoms with van der Waals surface area (Å²) in [5.41, 5.74) is 5.59. The molecule has 3 N–H and O–H groups in total. The summed E-state index contributed by atoms with van der Waals surface area (Å²) in [6.45, 7) is 4.46. The zero-order valence-corrected chi connectivity index (χ0v) is 9.88. The van der Waals surface area contributed by atoms with Gasteiger partial charge in [-0.1, -0.05) is 13.8 Å². The summed E-state index contributed by atoms with van der Waals surface area (Å²) in [6.07, 6.45) is -4.29. The Bertz CT molecular complexity index is 344. The average molecular weight is 246 g/mol.